The van der Waals surface area contributed by atoms with Crippen molar-refractivity contribution in [1.29, 1.82) is 0 Å². The summed E-state index contributed by atoms with van der Waals surface area (Å²) in [5, 5.41) is 3.65. The summed E-state index contributed by atoms with van der Waals surface area (Å²) in [6.07, 6.45) is 6.94. The van der Waals surface area contributed by atoms with Gasteiger partial charge in [0.1, 0.15) is 12.3 Å². The summed E-state index contributed by atoms with van der Waals surface area (Å²) < 4.78 is 11.1. The van der Waals surface area contributed by atoms with Crippen LogP contribution in [0.4, 0.5) is 5.69 Å². The largest absolute Gasteiger partial charge is 0.490 e. The van der Waals surface area contributed by atoms with E-state index in [2.05, 4.69) is 11.2 Å². The number of nitrogens with zero attached hydrogens (tertiary/aromatic N) is 1. The van der Waals surface area contributed by atoms with Gasteiger partial charge in [-0.15, -0.1) is 6.42 Å². The Bertz CT molecular complexity index is 997. The number of anilines is 1. The van der Waals surface area contributed by atoms with Crippen molar-refractivity contribution in [1.82, 2.24) is 5.32 Å². The SMILES string of the molecule is C#CCOc1ccc(/C=C2\NC(=S)N(c3ccccc3Cl)C2=O)cc1OCC. The second-order valence-electron chi connectivity index (χ2n) is 5.71. The first-order chi connectivity index (χ1) is 13.5. The molecule has 0 aliphatic carbocycles. The van der Waals surface area contributed by atoms with Crippen LogP contribution in [-0.4, -0.2) is 24.2 Å². The molecule has 142 valence electrons. The van der Waals surface area contributed by atoms with Gasteiger partial charge < -0.3 is 14.8 Å². The highest BCUT2D eigenvalue weighted by atomic mass is 35.5. The molecule has 2 aromatic carbocycles. The van der Waals surface area contributed by atoms with Crippen molar-refractivity contribution in [3.63, 3.8) is 0 Å². The highest BCUT2D eigenvalue weighted by Crippen LogP contribution is 2.31. The number of para-hydroxylation sites is 1. The maximum Gasteiger partial charge on any atom is 0.281 e. The van der Waals surface area contributed by atoms with Crippen molar-refractivity contribution in [3.8, 4) is 23.8 Å². The van der Waals surface area contributed by atoms with Crippen LogP contribution in [0.1, 0.15) is 12.5 Å². The molecule has 1 amide bonds. The van der Waals surface area contributed by atoms with E-state index >= 15 is 0 Å². The molecule has 1 aliphatic rings. The standard InChI is InChI=1S/C21H17ClN2O3S/c1-3-11-27-18-10-9-14(13-19(18)26-4-2)12-16-20(25)24(21(28)23-16)17-8-6-5-7-15(17)22/h1,5-10,12-13H,4,11H2,2H3,(H,23,28)/b16-12-. The van der Waals surface area contributed by atoms with Gasteiger partial charge in [0.05, 0.1) is 17.3 Å². The van der Waals surface area contributed by atoms with Crippen LogP contribution in [0.5, 0.6) is 11.5 Å². The lowest BCUT2D eigenvalue weighted by atomic mass is 10.1. The quantitative estimate of drug-likeness (QED) is 0.441. The minimum absolute atomic E-state index is 0.140. The van der Waals surface area contributed by atoms with E-state index in [0.29, 0.717) is 34.5 Å². The fourth-order valence-corrected chi connectivity index (χ4v) is 3.19. The number of halogens is 1. The molecule has 0 unspecified atom stereocenters. The summed E-state index contributed by atoms with van der Waals surface area (Å²) in [5.74, 6) is 3.22. The number of carbonyl (C=O) groups excluding carboxylic acids is 1. The smallest absolute Gasteiger partial charge is 0.281 e. The maximum absolute atomic E-state index is 12.9. The number of carbonyl (C=O) groups is 1. The molecular formula is C21H17ClN2O3S. The molecule has 0 bridgehead atoms. The molecule has 1 aliphatic heterocycles. The lowest BCUT2D eigenvalue weighted by molar-refractivity contribution is -0.113. The van der Waals surface area contributed by atoms with Crippen LogP contribution < -0.4 is 19.7 Å². The van der Waals surface area contributed by atoms with Crippen molar-refractivity contribution in [2.45, 2.75) is 6.92 Å². The van der Waals surface area contributed by atoms with Crippen molar-refractivity contribution in [2.75, 3.05) is 18.1 Å². The first-order valence-corrected chi connectivity index (χ1v) is 9.28. The van der Waals surface area contributed by atoms with Gasteiger partial charge in [-0.25, -0.2) is 0 Å². The van der Waals surface area contributed by atoms with Gasteiger partial charge in [-0.05, 0) is 55.0 Å². The molecule has 1 saturated heterocycles. The van der Waals surface area contributed by atoms with Gasteiger partial charge in [0.2, 0.25) is 0 Å². The Kier molecular flexibility index (Phi) is 6.19. The molecule has 0 saturated carbocycles. The van der Waals surface area contributed by atoms with Crippen LogP contribution in [0.2, 0.25) is 5.02 Å². The number of ether oxygens (including phenoxy) is 2. The maximum atomic E-state index is 12.9. The van der Waals surface area contributed by atoms with Crippen LogP contribution in [-0.2, 0) is 4.79 Å². The Balaban J connectivity index is 1.90. The molecular weight excluding hydrogens is 396 g/mol. The molecule has 7 heteroatoms. The van der Waals surface area contributed by atoms with E-state index in [1.54, 1.807) is 48.5 Å². The monoisotopic (exact) mass is 412 g/mol. The van der Waals surface area contributed by atoms with Gasteiger partial charge in [0, 0.05) is 0 Å². The van der Waals surface area contributed by atoms with Crippen LogP contribution in [0.3, 0.4) is 0 Å². The minimum Gasteiger partial charge on any atom is -0.490 e. The second-order valence-corrected chi connectivity index (χ2v) is 6.51. The third-order valence-corrected chi connectivity index (χ3v) is 4.47. The number of hydrogen-bond acceptors (Lipinski definition) is 4. The van der Waals surface area contributed by atoms with Gasteiger partial charge in [0.25, 0.3) is 5.91 Å². The van der Waals surface area contributed by atoms with E-state index in [-0.39, 0.29) is 17.6 Å². The van der Waals surface area contributed by atoms with Crippen molar-refractivity contribution < 1.29 is 14.3 Å². The fourth-order valence-electron chi connectivity index (χ4n) is 2.68. The Labute approximate surface area is 173 Å². The van der Waals surface area contributed by atoms with Gasteiger partial charge >= 0.3 is 0 Å². The number of benzene rings is 2. The Hall–Kier alpha value is -3.01. The van der Waals surface area contributed by atoms with Gasteiger partial charge in [0.15, 0.2) is 16.6 Å². The lowest BCUT2D eigenvalue weighted by Gasteiger charge is -2.15. The summed E-state index contributed by atoms with van der Waals surface area (Å²) >= 11 is 11.5. The molecule has 3 rings (SSSR count). The Morgan fingerprint density at radius 2 is 2.04 bits per heavy atom. The van der Waals surface area contributed by atoms with E-state index in [1.807, 2.05) is 6.92 Å². The lowest BCUT2D eigenvalue weighted by Crippen LogP contribution is -2.30. The average Bonchev–Trinajstić information content (AvgIpc) is 2.95. The van der Waals surface area contributed by atoms with Crippen molar-refractivity contribution >= 4 is 46.6 Å². The van der Waals surface area contributed by atoms with Crippen LogP contribution in [0, 0.1) is 12.3 Å². The van der Waals surface area contributed by atoms with E-state index in [9.17, 15) is 4.79 Å². The molecule has 0 spiro atoms. The van der Waals surface area contributed by atoms with E-state index in [1.165, 1.54) is 4.90 Å². The molecule has 28 heavy (non-hydrogen) atoms. The molecule has 0 aromatic heterocycles. The summed E-state index contributed by atoms with van der Waals surface area (Å²) in [6, 6.07) is 12.4. The van der Waals surface area contributed by atoms with Crippen LogP contribution >= 0.6 is 23.8 Å². The average molecular weight is 413 g/mol. The number of terminal acetylenes is 1. The topological polar surface area (TPSA) is 50.8 Å². The summed E-state index contributed by atoms with van der Waals surface area (Å²) in [4.78, 5) is 14.2. The normalized spacial score (nSPS) is 14.8. The number of nitrogens with one attached hydrogen (secondary N) is 1. The summed E-state index contributed by atoms with van der Waals surface area (Å²) in [6.45, 7) is 2.48. The minimum atomic E-state index is -0.288. The van der Waals surface area contributed by atoms with Crippen LogP contribution in [0.15, 0.2) is 48.2 Å². The van der Waals surface area contributed by atoms with Gasteiger partial charge in [-0.2, -0.15) is 0 Å². The van der Waals surface area contributed by atoms with E-state index < -0.39 is 0 Å². The zero-order valence-electron chi connectivity index (χ0n) is 15.1. The number of thiocarbonyl (C=S) groups is 1. The highest BCUT2D eigenvalue weighted by Gasteiger charge is 2.33. The second kappa shape index (κ2) is 8.79. The zero-order chi connectivity index (χ0) is 20.1. The van der Waals surface area contributed by atoms with E-state index in [0.717, 1.165) is 5.56 Å². The predicted molar refractivity (Wildman–Crippen MR) is 115 cm³/mol. The molecule has 1 N–H and O–H groups in total. The Morgan fingerprint density at radius 3 is 2.75 bits per heavy atom. The van der Waals surface area contributed by atoms with Gasteiger partial charge in [-0.3, -0.25) is 9.69 Å². The van der Waals surface area contributed by atoms with Crippen molar-refractivity contribution in [3.05, 3.63) is 58.7 Å². The molecule has 0 radical (unpaired) electrons. The molecule has 5 nitrogen and oxygen atoms in total. The zero-order valence-corrected chi connectivity index (χ0v) is 16.6. The number of hydrogen-bond donors (Lipinski definition) is 1. The fraction of sp³-hybridized carbons (Fsp3) is 0.143. The molecule has 0 atom stereocenters. The molecule has 1 heterocycles. The summed E-state index contributed by atoms with van der Waals surface area (Å²) in [5.41, 5.74) is 1.61. The number of amides is 1. The third-order valence-electron chi connectivity index (χ3n) is 3.86. The summed E-state index contributed by atoms with van der Waals surface area (Å²) in [7, 11) is 0. The third kappa shape index (κ3) is 4.11. The van der Waals surface area contributed by atoms with Gasteiger partial charge in [-0.1, -0.05) is 35.7 Å². The first-order valence-electron chi connectivity index (χ1n) is 8.50. The number of rotatable bonds is 6. The molecule has 1 fully saturated rings. The predicted octanol–water partition coefficient (Wildman–Crippen LogP) is 4.01. The Morgan fingerprint density at radius 1 is 1.25 bits per heavy atom. The van der Waals surface area contributed by atoms with Crippen LogP contribution in [0.25, 0.3) is 6.08 Å². The van der Waals surface area contributed by atoms with Crippen molar-refractivity contribution in [2.24, 2.45) is 0 Å². The van der Waals surface area contributed by atoms with E-state index in [4.69, 9.17) is 39.7 Å². The molecule has 2 aromatic rings. The first kappa shape index (κ1) is 19.7. The highest BCUT2D eigenvalue weighted by molar-refractivity contribution is 7.80.